The summed E-state index contributed by atoms with van der Waals surface area (Å²) in [6.07, 6.45) is 0.865. The molecule has 0 amide bonds. The van der Waals surface area contributed by atoms with E-state index in [4.69, 9.17) is 0 Å². The van der Waals surface area contributed by atoms with E-state index in [2.05, 4.69) is 15.6 Å². The Morgan fingerprint density at radius 2 is 2.13 bits per heavy atom. The van der Waals surface area contributed by atoms with E-state index in [1.807, 2.05) is 6.07 Å². The molecule has 0 saturated carbocycles. The first-order chi connectivity index (χ1) is 7.27. The largest absolute Gasteiger partial charge is 0.434 e. The lowest BCUT2D eigenvalue weighted by Crippen LogP contribution is -2.25. The molecule has 1 atom stereocenters. The van der Waals surface area contributed by atoms with Gasteiger partial charge in [-0.3, -0.25) is 10.9 Å². The van der Waals surface area contributed by atoms with E-state index in [9.17, 15) is 8.78 Å². The Morgan fingerprint density at radius 1 is 1.33 bits per heavy atom. The van der Waals surface area contributed by atoms with Crippen LogP contribution in [0.4, 0.5) is 8.78 Å². The Morgan fingerprint density at radius 3 is 2.80 bits per heavy atom. The Bertz CT molecular complexity index is 327. The third-order valence-corrected chi connectivity index (χ3v) is 2.34. The molecule has 0 aliphatic carbocycles. The van der Waals surface area contributed by atoms with Gasteiger partial charge in [0.1, 0.15) is 5.75 Å². The molecule has 15 heavy (non-hydrogen) atoms. The Hall–Kier alpha value is -1.20. The van der Waals surface area contributed by atoms with Crippen molar-refractivity contribution in [3.63, 3.8) is 0 Å². The van der Waals surface area contributed by atoms with Crippen molar-refractivity contribution in [3.8, 4) is 5.75 Å². The second-order valence-electron chi connectivity index (χ2n) is 3.33. The van der Waals surface area contributed by atoms with Crippen LogP contribution in [0.2, 0.25) is 0 Å². The number of alkyl halides is 2. The van der Waals surface area contributed by atoms with Crippen molar-refractivity contribution in [1.29, 1.82) is 0 Å². The van der Waals surface area contributed by atoms with Crippen molar-refractivity contribution >= 4 is 0 Å². The van der Waals surface area contributed by atoms with Gasteiger partial charge >= 0.3 is 6.61 Å². The highest BCUT2D eigenvalue weighted by Crippen LogP contribution is 2.29. The first-order valence-corrected chi connectivity index (χ1v) is 4.79. The molecular formula is C10H12F2N2O. The maximum absolute atomic E-state index is 12.1. The summed E-state index contributed by atoms with van der Waals surface area (Å²) in [7, 11) is 0. The maximum atomic E-state index is 12.1. The quantitative estimate of drug-likeness (QED) is 0.805. The molecule has 1 aliphatic rings. The fourth-order valence-corrected chi connectivity index (χ4v) is 1.69. The summed E-state index contributed by atoms with van der Waals surface area (Å²) >= 11 is 0. The molecule has 0 aromatic heterocycles. The van der Waals surface area contributed by atoms with Crippen LogP contribution in [0.25, 0.3) is 0 Å². The molecule has 1 aromatic carbocycles. The van der Waals surface area contributed by atoms with Crippen molar-refractivity contribution in [3.05, 3.63) is 29.8 Å². The van der Waals surface area contributed by atoms with Gasteiger partial charge < -0.3 is 4.74 Å². The van der Waals surface area contributed by atoms with Gasteiger partial charge in [-0.1, -0.05) is 18.2 Å². The Kier molecular flexibility index (Phi) is 3.13. The molecule has 1 aliphatic heterocycles. The van der Waals surface area contributed by atoms with E-state index < -0.39 is 6.61 Å². The fraction of sp³-hybridized carbons (Fsp3) is 0.400. The summed E-state index contributed by atoms with van der Waals surface area (Å²) in [4.78, 5) is 0. The van der Waals surface area contributed by atoms with Gasteiger partial charge in [-0.05, 0) is 12.5 Å². The smallest absolute Gasteiger partial charge is 0.387 e. The van der Waals surface area contributed by atoms with Crippen LogP contribution in [0, 0.1) is 0 Å². The molecule has 0 radical (unpaired) electrons. The lowest BCUT2D eigenvalue weighted by Gasteiger charge is -2.15. The standard InChI is InChI=1S/C10H12F2N2O/c11-10(12)15-9-4-2-1-3-7(9)8-5-6-13-14-8/h1-4,8,10,13-14H,5-6H2. The van der Waals surface area contributed by atoms with Crippen LogP contribution >= 0.6 is 0 Å². The number of nitrogens with one attached hydrogen (secondary N) is 2. The molecule has 82 valence electrons. The first-order valence-electron chi connectivity index (χ1n) is 4.79. The summed E-state index contributed by atoms with van der Waals surface area (Å²) in [5.41, 5.74) is 6.74. The lowest BCUT2D eigenvalue weighted by molar-refractivity contribution is -0.0506. The van der Waals surface area contributed by atoms with Crippen LogP contribution in [-0.2, 0) is 0 Å². The molecule has 3 nitrogen and oxygen atoms in total. The van der Waals surface area contributed by atoms with Crippen molar-refractivity contribution in [2.24, 2.45) is 0 Å². The first kappa shape index (κ1) is 10.3. The van der Waals surface area contributed by atoms with E-state index >= 15 is 0 Å². The molecule has 1 heterocycles. The minimum absolute atomic E-state index is 0.0416. The third-order valence-electron chi connectivity index (χ3n) is 2.34. The number of hydrogen-bond acceptors (Lipinski definition) is 3. The molecule has 1 unspecified atom stereocenters. The minimum Gasteiger partial charge on any atom is -0.434 e. The number of halogens is 2. The van der Waals surface area contributed by atoms with Crippen LogP contribution in [0.1, 0.15) is 18.0 Å². The van der Waals surface area contributed by atoms with Gasteiger partial charge in [0.25, 0.3) is 0 Å². The van der Waals surface area contributed by atoms with Crippen LogP contribution in [0.3, 0.4) is 0 Å². The average molecular weight is 214 g/mol. The molecule has 5 heteroatoms. The highest BCUT2D eigenvalue weighted by Gasteiger charge is 2.20. The summed E-state index contributed by atoms with van der Waals surface area (Å²) in [5, 5.41) is 0. The molecule has 1 fully saturated rings. The number of hydrogen-bond donors (Lipinski definition) is 2. The zero-order chi connectivity index (χ0) is 10.7. The summed E-state index contributed by atoms with van der Waals surface area (Å²) in [6, 6.07) is 6.89. The normalized spacial score (nSPS) is 20.9. The van der Waals surface area contributed by atoms with Gasteiger partial charge in [0.05, 0.1) is 6.04 Å². The second kappa shape index (κ2) is 4.55. The minimum atomic E-state index is -2.78. The van der Waals surface area contributed by atoms with Gasteiger partial charge in [-0.2, -0.15) is 8.78 Å². The molecule has 1 saturated heterocycles. The Labute approximate surface area is 86.4 Å². The van der Waals surface area contributed by atoms with Gasteiger partial charge in [-0.15, -0.1) is 0 Å². The number of hydrazine groups is 1. The van der Waals surface area contributed by atoms with Gasteiger partial charge in [-0.25, -0.2) is 0 Å². The predicted octanol–water partition coefficient (Wildman–Crippen LogP) is 1.83. The van der Waals surface area contributed by atoms with E-state index in [0.29, 0.717) is 0 Å². The lowest BCUT2D eigenvalue weighted by atomic mass is 10.0. The van der Waals surface area contributed by atoms with Crippen LogP contribution in [0.15, 0.2) is 24.3 Å². The highest BCUT2D eigenvalue weighted by molar-refractivity contribution is 5.36. The third kappa shape index (κ3) is 2.43. The predicted molar refractivity (Wildman–Crippen MR) is 51.6 cm³/mol. The Balaban J connectivity index is 2.20. The van der Waals surface area contributed by atoms with Gasteiger partial charge in [0.2, 0.25) is 0 Å². The average Bonchev–Trinajstić information content (AvgIpc) is 2.70. The fourth-order valence-electron chi connectivity index (χ4n) is 1.69. The van der Waals surface area contributed by atoms with Crippen LogP contribution in [0.5, 0.6) is 5.75 Å². The molecule has 2 rings (SSSR count). The van der Waals surface area contributed by atoms with E-state index in [1.54, 1.807) is 18.2 Å². The summed E-state index contributed by atoms with van der Waals surface area (Å²) in [6.45, 7) is -1.95. The monoisotopic (exact) mass is 214 g/mol. The van der Waals surface area contributed by atoms with E-state index in [-0.39, 0.29) is 11.8 Å². The van der Waals surface area contributed by atoms with Crippen LogP contribution in [-0.4, -0.2) is 13.2 Å². The SMILES string of the molecule is FC(F)Oc1ccccc1C1CCNN1. The topological polar surface area (TPSA) is 33.3 Å². The number of benzene rings is 1. The molecule has 0 bridgehead atoms. The van der Waals surface area contributed by atoms with Gasteiger partial charge in [0.15, 0.2) is 0 Å². The molecule has 0 spiro atoms. The van der Waals surface area contributed by atoms with Crippen molar-refractivity contribution in [2.45, 2.75) is 19.1 Å². The second-order valence-corrected chi connectivity index (χ2v) is 3.33. The van der Waals surface area contributed by atoms with Crippen LogP contribution < -0.4 is 15.6 Å². The van der Waals surface area contributed by atoms with Crippen molar-refractivity contribution < 1.29 is 13.5 Å². The molecular weight excluding hydrogens is 202 g/mol. The maximum Gasteiger partial charge on any atom is 0.387 e. The van der Waals surface area contributed by atoms with Gasteiger partial charge in [0, 0.05) is 12.1 Å². The zero-order valence-corrected chi connectivity index (χ0v) is 8.04. The van der Waals surface area contributed by atoms with Crippen molar-refractivity contribution in [1.82, 2.24) is 10.9 Å². The number of ether oxygens (including phenoxy) is 1. The number of rotatable bonds is 3. The summed E-state index contributed by atoms with van der Waals surface area (Å²) in [5.74, 6) is 0.244. The highest BCUT2D eigenvalue weighted by atomic mass is 19.3. The van der Waals surface area contributed by atoms with Crippen molar-refractivity contribution in [2.75, 3.05) is 6.54 Å². The summed E-state index contributed by atoms with van der Waals surface area (Å²) < 4.78 is 28.7. The molecule has 2 N–H and O–H groups in total. The van der Waals surface area contributed by atoms with E-state index in [1.165, 1.54) is 0 Å². The van der Waals surface area contributed by atoms with E-state index in [0.717, 1.165) is 18.5 Å². The zero-order valence-electron chi connectivity index (χ0n) is 8.04. The molecule has 1 aromatic rings. The number of para-hydroxylation sites is 1.